The maximum Gasteiger partial charge on any atom is 0.246 e. The lowest BCUT2D eigenvalue weighted by Crippen LogP contribution is -2.51. The van der Waals surface area contributed by atoms with Crippen LogP contribution in [0.1, 0.15) is 50.5 Å². The largest absolute Gasteiger partial charge is 0.326 e. The van der Waals surface area contributed by atoms with Crippen LogP contribution in [-0.4, -0.2) is 47.0 Å². The van der Waals surface area contributed by atoms with Gasteiger partial charge in [-0.3, -0.25) is 14.6 Å². The van der Waals surface area contributed by atoms with E-state index in [-0.39, 0.29) is 42.4 Å². The summed E-state index contributed by atoms with van der Waals surface area (Å²) in [4.78, 5) is 22.3. The predicted molar refractivity (Wildman–Crippen MR) is 122 cm³/mol. The molecule has 1 amide bonds. The first kappa shape index (κ1) is 22.2. The zero-order valence-electron chi connectivity index (χ0n) is 16.9. The van der Waals surface area contributed by atoms with Crippen LogP contribution in [0.3, 0.4) is 0 Å². The molecule has 0 spiro atoms. The van der Waals surface area contributed by atoms with Crippen LogP contribution in [0.4, 0.5) is 5.13 Å². The van der Waals surface area contributed by atoms with Gasteiger partial charge in [0.1, 0.15) is 0 Å². The van der Waals surface area contributed by atoms with Crippen molar-refractivity contribution in [3.63, 3.8) is 0 Å². The number of anilines is 1. The van der Waals surface area contributed by atoms with Gasteiger partial charge in [0.25, 0.3) is 0 Å². The molecule has 2 heterocycles. The van der Waals surface area contributed by atoms with E-state index in [4.69, 9.17) is 5.73 Å². The fraction of sp³-hybridized carbons (Fsp3) is 0.545. The van der Waals surface area contributed by atoms with Crippen LogP contribution in [0.25, 0.3) is 0 Å². The first-order valence-electron chi connectivity index (χ1n) is 10.4. The molecule has 0 bridgehead atoms. The molecule has 1 aromatic carbocycles. The molecule has 1 saturated heterocycles. The zero-order valence-corrected chi connectivity index (χ0v) is 18.6. The monoisotopic (exact) mass is 434 g/mol. The Hall–Kier alpha value is -1.47. The van der Waals surface area contributed by atoms with E-state index in [0.717, 1.165) is 31.1 Å². The molecule has 0 radical (unpaired) electrons. The standard InChI is InChI=1S/C22H30N4OS.ClH/c1-16(25-14-19(20(23)15-25)17-8-4-2-5-9-17)21(27)26(22-24-12-13-28-22)18-10-6-3-7-11-18;/h2,4-5,8-9,12-13,16,18-20H,3,6-7,10-11,14-15,23H2,1H3;1H/t16?,19-,20+;/m0./s1. The van der Waals surface area contributed by atoms with Crippen molar-refractivity contribution in [1.82, 2.24) is 9.88 Å². The van der Waals surface area contributed by atoms with Gasteiger partial charge < -0.3 is 5.73 Å². The van der Waals surface area contributed by atoms with E-state index in [2.05, 4.69) is 34.1 Å². The summed E-state index contributed by atoms with van der Waals surface area (Å²) in [7, 11) is 0. The Morgan fingerprint density at radius 2 is 1.93 bits per heavy atom. The van der Waals surface area contributed by atoms with Crippen LogP contribution in [0.5, 0.6) is 0 Å². The fourth-order valence-electron chi connectivity index (χ4n) is 4.69. The molecule has 1 aromatic heterocycles. The minimum absolute atomic E-state index is 0. The van der Waals surface area contributed by atoms with Gasteiger partial charge in [-0.15, -0.1) is 23.7 Å². The van der Waals surface area contributed by atoms with Gasteiger partial charge in [-0.2, -0.15) is 0 Å². The van der Waals surface area contributed by atoms with Gasteiger partial charge in [-0.1, -0.05) is 49.6 Å². The number of amides is 1. The average Bonchev–Trinajstić information content (AvgIpc) is 3.39. The predicted octanol–water partition coefficient (Wildman–Crippen LogP) is 4.05. The smallest absolute Gasteiger partial charge is 0.246 e. The number of hydrogen-bond acceptors (Lipinski definition) is 5. The molecule has 4 rings (SSSR count). The molecule has 2 aromatic rings. The number of hydrogen-bond donors (Lipinski definition) is 1. The van der Waals surface area contributed by atoms with Crippen LogP contribution < -0.4 is 10.6 Å². The van der Waals surface area contributed by atoms with Crippen LogP contribution >= 0.6 is 23.7 Å². The number of rotatable bonds is 5. The summed E-state index contributed by atoms with van der Waals surface area (Å²) >= 11 is 1.56. The topological polar surface area (TPSA) is 62.5 Å². The Morgan fingerprint density at radius 3 is 2.59 bits per heavy atom. The number of carbonyl (C=O) groups is 1. The molecule has 7 heteroatoms. The van der Waals surface area contributed by atoms with E-state index in [0.29, 0.717) is 0 Å². The molecule has 2 N–H and O–H groups in total. The number of nitrogens with zero attached hydrogens (tertiary/aromatic N) is 3. The number of aromatic nitrogens is 1. The number of carbonyl (C=O) groups excluding carboxylic acids is 1. The molecule has 2 aliphatic rings. The third-order valence-corrected chi connectivity index (χ3v) is 7.10. The van der Waals surface area contributed by atoms with Crippen LogP contribution in [0.15, 0.2) is 41.9 Å². The molecule has 3 atom stereocenters. The SMILES string of the molecule is CC(C(=O)N(c1nccs1)C1CCCCC1)N1C[C@@H](N)[C@H](c2ccccc2)C1.Cl. The van der Waals surface area contributed by atoms with Gasteiger partial charge in [-0.25, -0.2) is 4.98 Å². The lowest BCUT2D eigenvalue weighted by atomic mass is 9.94. The van der Waals surface area contributed by atoms with Gasteiger partial charge in [0, 0.05) is 42.7 Å². The van der Waals surface area contributed by atoms with Gasteiger partial charge in [0.05, 0.1) is 6.04 Å². The minimum Gasteiger partial charge on any atom is -0.326 e. The Kier molecular flexibility index (Phi) is 7.68. The average molecular weight is 435 g/mol. The molecular weight excluding hydrogens is 404 g/mol. The third-order valence-electron chi connectivity index (χ3n) is 6.33. The maximum atomic E-state index is 13.6. The summed E-state index contributed by atoms with van der Waals surface area (Å²) in [5.41, 5.74) is 7.74. The maximum absolute atomic E-state index is 13.6. The Bertz CT molecular complexity index is 766. The number of nitrogens with two attached hydrogens (primary N) is 1. The van der Waals surface area contributed by atoms with Crippen LogP contribution in [0, 0.1) is 0 Å². The van der Waals surface area contributed by atoms with Crippen molar-refractivity contribution in [2.75, 3.05) is 18.0 Å². The summed E-state index contributed by atoms with van der Waals surface area (Å²) in [6.45, 7) is 3.61. The number of thiazole rings is 1. The van der Waals surface area contributed by atoms with Gasteiger partial charge in [-0.05, 0) is 25.3 Å². The summed E-state index contributed by atoms with van der Waals surface area (Å²) < 4.78 is 0. The normalized spacial score (nSPS) is 24.1. The van der Waals surface area contributed by atoms with Crippen molar-refractivity contribution < 1.29 is 4.79 Å². The van der Waals surface area contributed by atoms with Gasteiger partial charge in [0.15, 0.2) is 5.13 Å². The second kappa shape index (κ2) is 10.0. The molecule has 1 aliphatic carbocycles. The molecule has 29 heavy (non-hydrogen) atoms. The van der Waals surface area contributed by atoms with E-state index in [1.807, 2.05) is 23.3 Å². The Balaban J connectivity index is 0.00000240. The molecule has 2 fully saturated rings. The number of likely N-dealkylation sites (tertiary alicyclic amines) is 1. The van der Waals surface area contributed by atoms with Gasteiger partial charge in [0.2, 0.25) is 5.91 Å². The van der Waals surface area contributed by atoms with E-state index in [1.165, 1.54) is 24.8 Å². The summed E-state index contributed by atoms with van der Waals surface area (Å²) in [5, 5.41) is 2.80. The molecule has 5 nitrogen and oxygen atoms in total. The Labute approximate surface area is 183 Å². The Morgan fingerprint density at radius 1 is 1.21 bits per heavy atom. The third kappa shape index (κ3) is 4.82. The van der Waals surface area contributed by atoms with Crippen molar-refractivity contribution >= 4 is 34.8 Å². The van der Waals surface area contributed by atoms with Crippen molar-refractivity contribution in [1.29, 1.82) is 0 Å². The highest BCUT2D eigenvalue weighted by Gasteiger charge is 2.39. The van der Waals surface area contributed by atoms with Crippen molar-refractivity contribution in [2.24, 2.45) is 5.73 Å². The highest BCUT2D eigenvalue weighted by Crippen LogP contribution is 2.32. The molecule has 1 aliphatic heterocycles. The van der Waals surface area contributed by atoms with Crippen LogP contribution in [0.2, 0.25) is 0 Å². The lowest BCUT2D eigenvalue weighted by Gasteiger charge is -2.36. The molecule has 158 valence electrons. The van der Waals surface area contributed by atoms with Crippen molar-refractivity contribution in [2.45, 2.75) is 63.1 Å². The molecule has 1 saturated carbocycles. The summed E-state index contributed by atoms with van der Waals surface area (Å²) in [6, 6.07) is 10.6. The first-order valence-corrected chi connectivity index (χ1v) is 11.3. The summed E-state index contributed by atoms with van der Waals surface area (Å²) in [5.74, 6) is 0.446. The van der Waals surface area contributed by atoms with E-state index >= 15 is 0 Å². The van der Waals surface area contributed by atoms with E-state index < -0.39 is 0 Å². The molecule has 1 unspecified atom stereocenters. The second-order valence-corrected chi connectivity index (χ2v) is 9.00. The van der Waals surface area contributed by atoms with E-state index in [9.17, 15) is 4.79 Å². The highest BCUT2D eigenvalue weighted by atomic mass is 35.5. The van der Waals surface area contributed by atoms with Gasteiger partial charge >= 0.3 is 0 Å². The highest BCUT2D eigenvalue weighted by molar-refractivity contribution is 7.13. The fourth-order valence-corrected chi connectivity index (χ4v) is 5.41. The number of benzene rings is 1. The van der Waals surface area contributed by atoms with E-state index in [1.54, 1.807) is 17.5 Å². The zero-order chi connectivity index (χ0) is 19.5. The van der Waals surface area contributed by atoms with Crippen molar-refractivity contribution in [3.05, 3.63) is 47.5 Å². The minimum atomic E-state index is -0.189. The first-order chi connectivity index (χ1) is 13.6. The lowest BCUT2D eigenvalue weighted by molar-refractivity contribution is -0.123. The number of halogens is 1. The summed E-state index contributed by atoms with van der Waals surface area (Å²) in [6.07, 6.45) is 7.60. The van der Waals surface area contributed by atoms with Crippen LogP contribution in [-0.2, 0) is 4.79 Å². The van der Waals surface area contributed by atoms with Crippen molar-refractivity contribution in [3.8, 4) is 0 Å². The quantitative estimate of drug-likeness (QED) is 0.771. The second-order valence-electron chi connectivity index (χ2n) is 8.13. The molecular formula is C22H31ClN4OS.